The van der Waals surface area contributed by atoms with E-state index in [1.54, 1.807) is 0 Å². The lowest BCUT2D eigenvalue weighted by molar-refractivity contribution is 0.506. The summed E-state index contributed by atoms with van der Waals surface area (Å²) < 4.78 is 4.72. The van der Waals surface area contributed by atoms with Crippen molar-refractivity contribution in [2.24, 2.45) is 14.1 Å². The lowest BCUT2D eigenvalue weighted by Crippen LogP contribution is -2.14. The van der Waals surface area contributed by atoms with E-state index in [0.717, 1.165) is 12.8 Å². The number of hydrogen-bond acceptors (Lipinski definition) is 0. The Labute approximate surface area is 261 Å². The monoisotopic (exact) mass is 576 g/mol. The third-order valence-corrected chi connectivity index (χ3v) is 10.9. The SMILES string of the molecule is CCC(C)(C)c1ccc(-c2ccc3c(c2)c2cc4c(cc2n3C)c2cc(-c3ccc(C(C)(C)CC)cc3)ccc2n4C)cc1. The van der Waals surface area contributed by atoms with Crippen molar-refractivity contribution < 1.29 is 0 Å². The first-order valence-corrected chi connectivity index (χ1v) is 16.2. The molecule has 0 fully saturated rings. The van der Waals surface area contributed by atoms with E-state index in [0.29, 0.717) is 0 Å². The molecule has 7 rings (SSSR count). The molecule has 2 heterocycles. The standard InChI is InChI=1S/C42H44N2/c1-9-41(3,4)31-17-11-27(12-18-31)29-15-21-37-33(23-29)35-25-40-36(26-39(35)43(37)7)34-24-30(16-22-38(34)44(40)8)28-13-19-32(20-14-28)42(5,6)10-2/h11-26H,9-10H2,1-8H3. The minimum absolute atomic E-state index is 0.194. The van der Waals surface area contributed by atoms with Crippen molar-refractivity contribution >= 4 is 43.6 Å². The number of rotatable bonds is 6. The minimum atomic E-state index is 0.194. The van der Waals surface area contributed by atoms with Crippen molar-refractivity contribution in [2.75, 3.05) is 0 Å². The summed E-state index contributed by atoms with van der Waals surface area (Å²) in [5, 5.41) is 5.23. The molecule has 2 heteroatoms. The summed E-state index contributed by atoms with van der Waals surface area (Å²) in [4.78, 5) is 0. The van der Waals surface area contributed by atoms with E-state index in [4.69, 9.17) is 0 Å². The maximum absolute atomic E-state index is 2.41. The molecule has 0 aliphatic heterocycles. The molecular formula is C42H44N2. The summed E-state index contributed by atoms with van der Waals surface area (Å²) >= 11 is 0. The van der Waals surface area contributed by atoms with E-state index in [-0.39, 0.29) is 10.8 Å². The molecule has 5 aromatic carbocycles. The second kappa shape index (κ2) is 10.1. The van der Waals surface area contributed by atoms with Gasteiger partial charge in [-0.3, -0.25) is 0 Å². The van der Waals surface area contributed by atoms with Crippen LogP contribution in [0.4, 0.5) is 0 Å². The zero-order chi connectivity index (χ0) is 31.0. The van der Waals surface area contributed by atoms with Crippen LogP contribution in [0, 0.1) is 0 Å². The molecule has 0 saturated carbocycles. The molecule has 0 aliphatic rings. The Bertz CT molecular complexity index is 2020. The quantitative estimate of drug-likeness (QED) is 0.186. The lowest BCUT2D eigenvalue weighted by Gasteiger charge is -2.23. The third kappa shape index (κ3) is 4.38. The van der Waals surface area contributed by atoms with Crippen LogP contribution in [0.3, 0.4) is 0 Å². The molecule has 0 N–H and O–H groups in total. The Morgan fingerprint density at radius 2 is 0.727 bits per heavy atom. The highest BCUT2D eigenvalue weighted by Crippen LogP contribution is 2.39. The van der Waals surface area contributed by atoms with Gasteiger partial charge in [0, 0.05) is 57.7 Å². The fourth-order valence-corrected chi connectivity index (χ4v) is 6.91. The van der Waals surface area contributed by atoms with Gasteiger partial charge in [-0.1, -0.05) is 102 Å². The molecule has 0 atom stereocenters. The largest absolute Gasteiger partial charge is 0.344 e. The number of nitrogens with zero attached hydrogens (tertiary/aromatic N) is 2. The van der Waals surface area contributed by atoms with Crippen molar-refractivity contribution in [3.05, 3.63) is 108 Å². The van der Waals surface area contributed by atoms with Crippen LogP contribution in [0.25, 0.3) is 65.9 Å². The number of aromatic nitrogens is 2. The summed E-state index contributed by atoms with van der Waals surface area (Å²) in [5.41, 5.74) is 13.3. The third-order valence-electron chi connectivity index (χ3n) is 10.9. The van der Waals surface area contributed by atoms with Crippen LogP contribution in [0.5, 0.6) is 0 Å². The van der Waals surface area contributed by atoms with Crippen molar-refractivity contribution in [1.82, 2.24) is 9.13 Å². The summed E-state index contributed by atoms with van der Waals surface area (Å²) in [7, 11) is 4.40. The van der Waals surface area contributed by atoms with Crippen LogP contribution in [-0.4, -0.2) is 9.13 Å². The fraction of sp³-hybridized carbons (Fsp3) is 0.286. The maximum atomic E-state index is 2.41. The smallest absolute Gasteiger partial charge is 0.0496 e. The zero-order valence-electron chi connectivity index (χ0n) is 27.5. The van der Waals surface area contributed by atoms with Gasteiger partial charge in [-0.05, 0) is 93.5 Å². The van der Waals surface area contributed by atoms with Crippen molar-refractivity contribution in [2.45, 2.75) is 65.2 Å². The predicted octanol–water partition coefficient (Wildman–Crippen LogP) is 11.7. The molecule has 0 bridgehead atoms. The fourth-order valence-electron chi connectivity index (χ4n) is 6.91. The summed E-state index contributed by atoms with van der Waals surface area (Å²) in [6, 6.07) is 37.1. The first-order chi connectivity index (χ1) is 21.0. The molecule has 0 aliphatic carbocycles. The summed E-state index contributed by atoms with van der Waals surface area (Å²) in [6.07, 6.45) is 2.26. The van der Waals surface area contributed by atoms with Crippen molar-refractivity contribution in [3.8, 4) is 22.3 Å². The molecular weight excluding hydrogens is 532 g/mol. The Kier molecular flexibility index (Phi) is 6.55. The summed E-state index contributed by atoms with van der Waals surface area (Å²) in [5.74, 6) is 0. The van der Waals surface area contributed by atoms with Gasteiger partial charge in [0.1, 0.15) is 0 Å². The minimum Gasteiger partial charge on any atom is -0.344 e. The van der Waals surface area contributed by atoms with Gasteiger partial charge in [-0.25, -0.2) is 0 Å². The first-order valence-electron chi connectivity index (χ1n) is 16.2. The van der Waals surface area contributed by atoms with Crippen LogP contribution in [0.2, 0.25) is 0 Å². The van der Waals surface area contributed by atoms with Crippen molar-refractivity contribution in [3.63, 3.8) is 0 Å². The number of benzene rings is 5. The number of fused-ring (bicyclic) bond motifs is 6. The Hall–Kier alpha value is -4.30. The number of aryl methyl sites for hydroxylation is 2. The molecule has 7 aromatic rings. The van der Waals surface area contributed by atoms with Gasteiger partial charge in [-0.2, -0.15) is 0 Å². The highest BCUT2D eigenvalue weighted by molar-refractivity contribution is 6.18. The van der Waals surface area contributed by atoms with Gasteiger partial charge < -0.3 is 9.13 Å². The molecule has 0 amide bonds. The predicted molar refractivity (Wildman–Crippen MR) is 192 cm³/mol. The molecule has 0 radical (unpaired) electrons. The maximum Gasteiger partial charge on any atom is 0.0496 e. The van der Waals surface area contributed by atoms with Crippen LogP contribution in [0.15, 0.2) is 97.1 Å². The molecule has 2 nitrogen and oxygen atoms in total. The average Bonchev–Trinajstić information content (AvgIpc) is 3.49. The Balaban J connectivity index is 1.35. The van der Waals surface area contributed by atoms with Gasteiger partial charge in [0.2, 0.25) is 0 Å². The second-order valence-electron chi connectivity index (χ2n) is 14.1. The van der Waals surface area contributed by atoms with E-state index < -0.39 is 0 Å². The van der Waals surface area contributed by atoms with Gasteiger partial charge >= 0.3 is 0 Å². The Morgan fingerprint density at radius 3 is 1.07 bits per heavy atom. The molecule has 44 heavy (non-hydrogen) atoms. The van der Waals surface area contributed by atoms with Crippen LogP contribution < -0.4 is 0 Å². The normalized spacial score (nSPS) is 12.7. The molecule has 2 aromatic heterocycles. The lowest BCUT2D eigenvalue weighted by atomic mass is 9.82. The summed E-state index contributed by atoms with van der Waals surface area (Å²) in [6.45, 7) is 13.8. The molecule has 0 saturated heterocycles. The second-order valence-corrected chi connectivity index (χ2v) is 14.1. The molecule has 0 spiro atoms. The van der Waals surface area contributed by atoms with E-state index in [9.17, 15) is 0 Å². The van der Waals surface area contributed by atoms with Gasteiger partial charge in [0.05, 0.1) is 0 Å². The van der Waals surface area contributed by atoms with E-state index in [1.165, 1.54) is 77.0 Å². The van der Waals surface area contributed by atoms with Gasteiger partial charge in [-0.15, -0.1) is 0 Å². The number of hydrogen-bond donors (Lipinski definition) is 0. The Morgan fingerprint density at radius 1 is 0.409 bits per heavy atom. The molecule has 0 unspecified atom stereocenters. The van der Waals surface area contributed by atoms with Crippen molar-refractivity contribution in [1.29, 1.82) is 0 Å². The average molecular weight is 577 g/mol. The molecule has 222 valence electrons. The highest BCUT2D eigenvalue weighted by atomic mass is 15.0. The zero-order valence-corrected chi connectivity index (χ0v) is 27.5. The first kappa shape index (κ1) is 28.5. The highest BCUT2D eigenvalue weighted by Gasteiger charge is 2.20. The van der Waals surface area contributed by atoms with Gasteiger partial charge in [0.15, 0.2) is 0 Å². The van der Waals surface area contributed by atoms with Gasteiger partial charge in [0.25, 0.3) is 0 Å². The van der Waals surface area contributed by atoms with E-state index >= 15 is 0 Å². The van der Waals surface area contributed by atoms with E-state index in [2.05, 4.69) is 162 Å². The van der Waals surface area contributed by atoms with E-state index in [1.807, 2.05) is 0 Å². The van der Waals surface area contributed by atoms with Crippen LogP contribution >= 0.6 is 0 Å². The van der Waals surface area contributed by atoms with Crippen LogP contribution in [0.1, 0.15) is 65.5 Å². The van der Waals surface area contributed by atoms with Crippen LogP contribution in [-0.2, 0) is 24.9 Å². The topological polar surface area (TPSA) is 9.86 Å².